The zero-order valence-corrected chi connectivity index (χ0v) is 13.9. The third kappa shape index (κ3) is 2.92. The first-order valence-electron chi connectivity index (χ1n) is 7.53. The molecular formula is C18H17NO3S. The van der Waals surface area contributed by atoms with E-state index in [9.17, 15) is 9.59 Å². The van der Waals surface area contributed by atoms with E-state index in [2.05, 4.69) is 18.7 Å². The summed E-state index contributed by atoms with van der Waals surface area (Å²) in [4.78, 5) is 26.7. The van der Waals surface area contributed by atoms with Crippen molar-refractivity contribution in [1.82, 2.24) is 0 Å². The van der Waals surface area contributed by atoms with Crippen molar-refractivity contribution in [3.05, 3.63) is 62.6 Å². The van der Waals surface area contributed by atoms with Gasteiger partial charge in [-0.1, -0.05) is 0 Å². The Bertz CT molecular complexity index is 892. The molecule has 3 rings (SSSR count). The predicted octanol–water partition coefficient (Wildman–Crippen LogP) is 3.93. The second-order valence-corrected chi connectivity index (χ2v) is 5.96. The maximum Gasteiger partial charge on any atom is 0.347 e. The molecule has 0 fully saturated rings. The van der Waals surface area contributed by atoms with Crippen LogP contribution in [0.5, 0.6) is 0 Å². The molecule has 0 saturated heterocycles. The highest BCUT2D eigenvalue weighted by molar-refractivity contribution is 7.08. The summed E-state index contributed by atoms with van der Waals surface area (Å²) >= 11 is 1.42. The Hall–Kier alpha value is -2.40. The van der Waals surface area contributed by atoms with Gasteiger partial charge in [0.05, 0.1) is 0 Å². The van der Waals surface area contributed by atoms with Gasteiger partial charge in [0.2, 0.25) is 5.78 Å². The summed E-state index contributed by atoms with van der Waals surface area (Å²) in [7, 11) is 0. The van der Waals surface area contributed by atoms with E-state index in [1.165, 1.54) is 11.3 Å². The van der Waals surface area contributed by atoms with Gasteiger partial charge < -0.3 is 9.32 Å². The van der Waals surface area contributed by atoms with Crippen LogP contribution in [0.4, 0.5) is 5.69 Å². The van der Waals surface area contributed by atoms with Gasteiger partial charge in [0.15, 0.2) is 0 Å². The Balaban J connectivity index is 2.07. The number of nitrogens with zero attached hydrogens (tertiary/aromatic N) is 1. The van der Waals surface area contributed by atoms with E-state index in [1.54, 1.807) is 17.5 Å². The van der Waals surface area contributed by atoms with E-state index >= 15 is 0 Å². The number of fused-ring (bicyclic) bond motifs is 1. The third-order valence-corrected chi connectivity index (χ3v) is 4.56. The summed E-state index contributed by atoms with van der Waals surface area (Å²) in [6, 6.07) is 9.04. The minimum absolute atomic E-state index is 0.0755. The van der Waals surface area contributed by atoms with Crippen molar-refractivity contribution in [3.63, 3.8) is 0 Å². The molecule has 23 heavy (non-hydrogen) atoms. The SMILES string of the molecule is CCN(CC)c1ccc2cc(C(=O)c3ccsc3)c(=O)oc2c1. The maximum absolute atomic E-state index is 12.4. The Morgan fingerprint density at radius 1 is 1.17 bits per heavy atom. The predicted molar refractivity (Wildman–Crippen MR) is 93.8 cm³/mol. The molecule has 2 heterocycles. The van der Waals surface area contributed by atoms with Gasteiger partial charge in [-0.15, -0.1) is 0 Å². The number of thiophene rings is 1. The molecule has 0 aliphatic heterocycles. The fourth-order valence-electron chi connectivity index (χ4n) is 2.59. The second kappa shape index (κ2) is 6.38. The highest BCUT2D eigenvalue weighted by atomic mass is 32.1. The molecule has 0 aliphatic carbocycles. The minimum Gasteiger partial charge on any atom is -0.422 e. The molecule has 0 spiro atoms. The van der Waals surface area contributed by atoms with Crippen LogP contribution in [0.1, 0.15) is 29.8 Å². The van der Waals surface area contributed by atoms with E-state index in [1.807, 2.05) is 23.6 Å². The Morgan fingerprint density at radius 2 is 1.96 bits per heavy atom. The van der Waals surface area contributed by atoms with Crippen molar-refractivity contribution in [3.8, 4) is 0 Å². The highest BCUT2D eigenvalue weighted by Crippen LogP contribution is 2.22. The Kier molecular flexibility index (Phi) is 4.30. The second-order valence-electron chi connectivity index (χ2n) is 5.18. The number of hydrogen-bond donors (Lipinski definition) is 0. The van der Waals surface area contributed by atoms with Crippen LogP contribution >= 0.6 is 11.3 Å². The van der Waals surface area contributed by atoms with Crippen molar-refractivity contribution in [1.29, 1.82) is 0 Å². The van der Waals surface area contributed by atoms with Crippen LogP contribution < -0.4 is 10.5 Å². The van der Waals surface area contributed by atoms with Gasteiger partial charge in [0.25, 0.3) is 0 Å². The summed E-state index contributed by atoms with van der Waals surface area (Å²) in [5.74, 6) is -0.297. The van der Waals surface area contributed by atoms with E-state index in [4.69, 9.17) is 4.42 Å². The van der Waals surface area contributed by atoms with E-state index in [0.29, 0.717) is 11.1 Å². The average molecular weight is 327 g/mol. The number of hydrogen-bond acceptors (Lipinski definition) is 5. The van der Waals surface area contributed by atoms with Crippen LogP contribution in [0.25, 0.3) is 11.0 Å². The average Bonchev–Trinajstić information content (AvgIpc) is 3.09. The number of carbonyl (C=O) groups is 1. The maximum atomic E-state index is 12.4. The largest absolute Gasteiger partial charge is 0.422 e. The molecule has 1 aromatic carbocycles. The molecular weight excluding hydrogens is 310 g/mol. The molecule has 3 aromatic rings. The normalized spacial score (nSPS) is 10.9. The van der Waals surface area contributed by atoms with E-state index < -0.39 is 5.63 Å². The van der Waals surface area contributed by atoms with E-state index in [-0.39, 0.29) is 11.3 Å². The highest BCUT2D eigenvalue weighted by Gasteiger charge is 2.16. The quantitative estimate of drug-likeness (QED) is 0.526. The third-order valence-electron chi connectivity index (χ3n) is 3.88. The molecule has 118 valence electrons. The lowest BCUT2D eigenvalue weighted by molar-refractivity contribution is 0.103. The van der Waals surface area contributed by atoms with E-state index in [0.717, 1.165) is 24.2 Å². The van der Waals surface area contributed by atoms with Gasteiger partial charge in [-0.25, -0.2) is 4.79 Å². The van der Waals surface area contributed by atoms with Crippen LogP contribution in [0.2, 0.25) is 0 Å². The van der Waals surface area contributed by atoms with Crippen LogP contribution in [0.3, 0.4) is 0 Å². The van der Waals surface area contributed by atoms with Gasteiger partial charge in [-0.3, -0.25) is 4.79 Å². The molecule has 0 N–H and O–H groups in total. The molecule has 0 radical (unpaired) electrons. The van der Waals surface area contributed by atoms with Crippen molar-refractivity contribution < 1.29 is 9.21 Å². The first-order chi connectivity index (χ1) is 11.1. The van der Waals surface area contributed by atoms with Gasteiger partial charge in [0, 0.05) is 41.2 Å². The molecule has 0 amide bonds. The van der Waals surface area contributed by atoms with Crippen molar-refractivity contribution in [2.24, 2.45) is 0 Å². The molecule has 0 saturated carbocycles. The van der Waals surface area contributed by atoms with Crippen LogP contribution in [-0.2, 0) is 0 Å². The molecule has 0 aliphatic rings. The summed E-state index contributed by atoms with van der Waals surface area (Å²) in [5.41, 5.74) is 1.50. The van der Waals surface area contributed by atoms with Crippen LogP contribution in [0, 0.1) is 0 Å². The fraction of sp³-hybridized carbons (Fsp3) is 0.222. The van der Waals surface area contributed by atoms with Gasteiger partial charge >= 0.3 is 5.63 Å². The number of carbonyl (C=O) groups excluding carboxylic acids is 1. The Morgan fingerprint density at radius 3 is 2.61 bits per heavy atom. The molecule has 5 heteroatoms. The Labute approximate surface area is 138 Å². The smallest absolute Gasteiger partial charge is 0.347 e. The number of ketones is 1. The van der Waals surface area contributed by atoms with Crippen molar-refractivity contribution >= 4 is 33.8 Å². The standard InChI is InChI=1S/C18H17NO3S/c1-3-19(4-2)14-6-5-12-9-15(18(21)22-16(12)10-14)17(20)13-7-8-23-11-13/h5-11H,3-4H2,1-2H3. The molecule has 4 nitrogen and oxygen atoms in total. The number of anilines is 1. The summed E-state index contributed by atoms with van der Waals surface area (Å²) in [6.45, 7) is 5.90. The van der Waals surface area contributed by atoms with Crippen LogP contribution in [0.15, 0.2) is 50.3 Å². The zero-order chi connectivity index (χ0) is 16.4. The first kappa shape index (κ1) is 15.5. The minimum atomic E-state index is -0.592. The van der Waals surface area contributed by atoms with Crippen LogP contribution in [-0.4, -0.2) is 18.9 Å². The molecule has 2 aromatic heterocycles. The lowest BCUT2D eigenvalue weighted by Gasteiger charge is -2.20. The lowest BCUT2D eigenvalue weighted by atomic mass is 10.1. The monoisotopic (exact) mass is 327 g/mol. The first-order valence-corrected chi connectivity index (χ1v) is 8.48. The summed E-state index contributed by atoms with van der Waals surface area (Å²) in [6.07, 6.45) is 0. The zero-order valence-electron chi connectivity index (χ0n) is 13.0. The van der Waals surface area contributed by atoms with Gasteiger partial charge in [0.1, 0.15) is 11.1 Å². The molecule has 0 bridgehead atoms. The number of rotatable bonds is 5. The topological polar surface area (TPSA) is 50.5 Å². The van der Waals surface area contributed by atoms with Gasteiger partial charge in [-0.05, 0) is 43.5 Å². The van der Waals surface area contributed by atoms with Crippen molar-refractivity contribution in [2.45, 2.75) is 13.8 Å². The lowest BCUT2D eigenvalue weighted by Crippen LogP contribution is -2.21. The summed E-state index contributed by atoms with van der Waals surface area (Å²) < 4.78 is 5.39. The fourth-order valence-corrected chi connectivity index (χ4v) is 3.23. The summed E-state index contributed by atoms with van der Waals surface area (Å²) in [5, 5.41) is 4.29. The molecule has 0 unspecified atom stereocenters. The van der Waals surface area contributed by atoms with Crippen molar-refractivity contribution in [2.75, 3.05) is 18.0 Å². The number of benzene rings is 1. The van der Waals surface area contributed by atoms with Gasteiger partial charge in [-0.2, -0.15) is 11.3 Å². The molecule has 0 atom stereocenters.